The molecule has 1 aliphatic heterocycles. The summed E-state index contributed by atoms with van der Waals surface area (Å²) < 4.78 is 0. The Morgan fingerprint density at radius 1 is 1.08 bits per heavy atom. The highest BCUT2D eigenvalue weighted by atomic mass is 16.4. The lowest BCUT2D eigenvalue weighted by atomic mass is 9.81. The molecule has 6 heteroatoms. The van der Waals surface area contributed by atoms with E-state index in [0.717, 1.165) is 37.8 Å². The van der Waals surface area contributed by atoms with Gasteiger partial charge in [-0.1, -0.05) is 31.4 Å². The van der Waals surface area contributed by atoms with Crippen molar-refractivity contribution >= 4 is 17.8 Å². The first-order valence-corrected chi connectivity index (χ1v) is 8.93. The van der Waals surface area contributed by atoms with Crippen molar-refractivity contribution in [3.8, 4) is 0 Å². The number of nitrogens with one attached hydrogen (secondary N) is 1. The van der Waals surface area contributed by atoms with E-state index in [9.17, 15) is 19.5 Å². The highest BCUT2D eigenvalue weighted by molar-refractivity contribution is 5.98. The van der Waals surface area contributed by atoms with Crippen molar-refractivity contribution in [2.24, 2.45) is 0 Å². The van der Waals surface area contributed by atoms with Crippen molar-refractivity contribution in [1.29, 1.82) is 0 Å². The molecule has 1 aromatic rings. The van der Waals surface area contributed by atoms with E-state index in [-0.39, 0.29) is 11.8 Å². The van der Waals surface area contributed by atoms with Gasteiger partial charge in [0.25, 0.3) is 5.91 Å². The molecule has 2 aliphatic rings. The third-order valence-corrected chi connectivity index (χ3v) is 5.23. The van der Waals surface area contributed by atoms with Crippen LogP contribution < -0.4 is 5.32 Å². The van der Waals surface area contributed by atoms with Crippen molar-refractivity contribution in [2.45, 2.75) is 57.0 Å². The Labute approximate surface area is 147 Å². The lowest BCUT2D eigenvalue weighted by molar-refractivity contribution is -0.146. The molecule has 0 bridgehead atoms. The van der Waals surface area contributed by atoms with Crippen LogP contribution in [-0.4, -0.2) is 39.9 Å². The van der Waals surface area contributed by atoms with Gasteiger partial charge < -0.3 is 15.3 Å². The van der Waals surface area contributed by atoms with E-state index in [0.29, 0.717) is 31.4 Å². The first-order valence-electron chi connectivity index (χ1n) is 8.93. The quantitative estimate of drug-likeness (QED) is 0.858. The zero-order chi connectivity index (χ0) is 17.9. The van der Waals surface area contributed by atoms with Crippen molar-refractivity contribution in [3.63, 3.8) is 0 Å². The molecule has 25 heavy (non-hydrogen) atoms. The van der Waals surface area contributed by atoms with Gasteiger partial charge >= 0.3 is 5.97 Å². The summed E-state index contributed by atoms with van der Waals surface area (Å²) in [5.74, 6) is -1.14. The van der Waals surface area contributed by atoms with Gasteiger partial charge in [-0.05, 0) is 37.0 Å². The highest BCUT2D eigenvalue weighted by Gasteiger charge is 2.41. The average molecular weight is 344 g/mol. The Morgan fingerprint density at radius 2 is 1.76 bits per heavy atom. The predicted molar refractivity (Wildman–Crippen MR) is 92.0 cm³/mol. The normalized spacial score (nSPS) is 19.7. The van der Waals surface area contributed by atoms with E-state index in [1.54, 1.807) is 12.1 Å². The minimum atomic E-state index is -1.14. The molecule has 1 aliphatic carbocycles. The van der Waals surface area contributed by atoms with Crippen LogP contribution in [0.15, 0.2) is 24.3 Å². The van der Waals surface area contributed by atoms with Crippen LogP contribution in [0.3, 0.4) is 0 Å². The van der Waals surface area contributed by atoms with E-state index in [1.807, 2.05) is 17.0 Å². The molecule has 6 nitrogen and oxygen atoms in total. The third kappa shape index (κ3) is 3.83. The molecule has 0 radical (unpaired) electrons. The van der Waals surface area contributed by atoms with Crippen LogP contribution in [0.2, 0.25) is 0 Å². The minimum absolute atomic E-state index is 0.169. The largest absolute Gasteiger partial charge is 0.480 e. The van der Waals surface area contributed by atoms with Crippen molar-refractivity contribution in [2.75, 3.05) is 6.54 Å². The van der Waals surface area contributed by atoms with Crippen LogP contribution in [0.4, 0.5) is 0 Å². The second-order valence-electron chi connectivity index (χ2n) is 7.02. The lowest BCUT2D eigenvalue weighted by Crippen LogP contribution is -2.55. The van der Waals surface area contributed by atoms with E-state index < -0.39 is 11.5 Å². The fraction of sp³-hybridized carbons (Fsp3) is 0.526. The minimum Gasteiger partial charge on any atom is -0.480 e. The van der Waals surface area contributed by atoms with Gasteiger partial charge in [0.2, 0.25) is 5.91 Å². The first kappa shape index (κ1) is 17.5. The summed E-state index contributed by atoms with van der Waals surface area (Å²) >= 11 is 0. The second-order valence-corrected chi connectivity index (χ2v) is 7.02. The number of aliphatic carboxylic acids is 1. The summed E-state index contributed by atoms with van der Waals surface area (Å²) in [6, 6.07) is 7.05. The number of carbonyl (C=O) groups excluding carboxylic acids is 2. The first-order chi connectivity index (χ1) is 12.0. The SMILES string of the molecule is O=C(NC1(C(=O)O)CCCCC1)c1ccc(CN2CCCC2=O)cc1. The Hall–Kier alpha value is -2.37. The number of carboxylic acids is 1. The Kier molecular flexibility index (Phi) is 5.06. The number of benzene rings is 1. The maximum absolute atomic E-state index is 12.5. The van der Waals surface area contributed by atoms with Gasteiger partial charge in [-0.15, -0.1) is 0 Å². The Balaban J connectivity index is 1.65. The van der Waals surface area contributed by atoms with Crippen LogP contribution >= 0.6 is 0 Å². The molecule has 0 spiro atoms. The zero-order valence-electron chi connectivity index (χ0n) is 14.3. The summed E-state index contributed by atoms with van der Waals surface area (Å²) in [4.78, 5) is 37.7. The molecule has 0 unspecified atom stereocenters. The Morgan fingerprint density at radius 3 is 2.32 bits per heavy atom. The second kappa shape index (κ2) is 7.25. The van der Waals surface area contributed by atoms with Gasteiger partial charge in [0.15, 0.2) is 0 Å². The van der Waals surface area contributed by atoms with Crippen molar-refractivity contribution in [3.05, 3.63) is 35.4 Å². The molecule has 2 fully saturated rings. The predicted octanol–water partition coefficient (Wildman–Crippen LogP) is 2.33. The van der Waals surface area contributed by atoms with Crippen LogP contribution in [0.25, 0.3) is 0 Å². The van der Waals surface area contributed by atoms with Crippen LogP contribution in [0, 0.1) is 0 Å². The Bertz CT molecular complexity index is 663. The smallest absolute Gasteiger partial charge is 0.329 e. The highest BCUT2D eigenvalue weighted by Crippen LogP contribution is 2.29. The maximum Gasteiger partial charge on any atom is 0.329 e. The average Bonchev–Trinajstić information content (AvgIpc) is 3.01. The molecule has 0 atom stereocenters. The monoisotopic (exact) mass is 344 g/mol. The maximum atomic E-state index is 12.5. The van der Waals surface area contributed by atoms with Gasteiger partial charge in [-0.3, -0.25) is 9.59 Å². The number of hydrogen-bond acceptors (Lipinski definition) is 3. The van der Waals surface area contributed by atoms with Crippen molar-refractivity contribution < 1.29 is 19.5 Å². The summed E-state index contributed by atoms with van der Waals surface area (Å²) in [6.07, 6.45) is 5.10. The van der Waals surface area contributed by atoms with E-state index >= 15 is 0 Å². The third-order valence-electron chi connectivity index (χ3n) is 5.23. The fourth-order valence-corrected chi connectivity index (χ4v) is 3.69. The summed E-state index contributed by atoms with van der Waals surface area (Å²) in [5.41, 5.74) is 0.274. The molecule has 2 N–H and O–H groups in total. The molecule has 1 saturated carbocycles. The number of likely N-dealkylation sites (tertiary alicyclic amines) is 1. The van der Waals surface area contributed by atoms with Crippen LogP contribution in [-0.2, 0) is 16.1 Å². The molecular formula is C19H24N2O4. The molecule has 2 amide bonds. The number of amides is 2. The molecule has 1 saturated heterocycles. The topological polar surface area (TPSA) is 86.7 Å². The molecular weight excluding hydrogens is 320 g/mol. The molecule has 134 valence electrons. The zero-order valence-corrected chi connectivity index (χ0v) is 14.3. The fourth-order valence-electron chi connectivity index (χ4n) is 3.69. The van der Waals surface area contributed by atoms with Gasteiger partial charge in [0, 0.05) is 25.1 Å². The van der Waals surface area contributed by atoms with Gasteiger partial charge in [0.05, 0.1) is 0 Å². The van der Waals surface area contributed by atoms with E-state index in [1.165, 1.54) is 0 Å². The number of nitrogens with zero attached hydrogens (tertiary/aromatic N) is 1. The number of carbonyl (C=O) groups is 3. The number of hydrogen-bond donors (Lipinski definition) is 2. The molecule has 1 heterocycles. The lowest BCUT2D eigenvalue weighted by Gasteiger charge is -2.34. The van der Waals surface area contributed by atoms with Gasteiger partial charge in [0.1, 0.15) is 5.54 Å². The summed E-state index contributed by atoms with van der Waals surface area (Å²) in [7, 11) is 0. The molecule has 1 aromatic carbocycles. The van der Waals surface area contributed by atoms with E-state index in [2.05, 4.69) is 5.32 Å². The number of carboxylic acid groups (broad SMARTS) is 1. The molecule has 0 aromatic heterocycles. The number of rotatable bonds is 5. The van der Waals surface area contributed by atoms with Gasteiger partial charge in [-0.25, -0.2) is 4.79 Å². The van der Waals surface area contributed by atoms with Gasteiger partial charge in [-0.2, -0.15) is 0 Å². The standard InChI is InChI=1S/C19H24N2O4/c22-16-5-4-12-21(16)13-14-6-8-15(9-7-14)17(23)20-19(18(24)25)10-2-1-3-11-19/h6-9H,1-5,10-13H2,(H,20,23)(H,24,25). The summed E-state index contributed by atoms with van der Waals surface area (Å²) in [6.45, 7) is 1.34. The molecule has 3 rings (SSSR count). The van der Waals surface area contributed by atoms with Crippen LogP contribution in [0.5, 0.6) is 0 Å². The van der Waals surface area contributed by atoms with E-state index in [4.69, 9.17) is 0 Å². The van der Waals surface area contributed by atoms with Crippen molar-refractivity contribution in [1.82, 2.24) is 10.2 Å². The van der Waals surface area contributed by atoms with Crippen LogP contribution in [0.1, 0.15) is 60.9 Å². The summed E-state index contributed by atoms with van der Waals surface area (Å²) in [5, 5.41) is 12.3.